The third-order valence-corrected chi connectivity index (χ3v) is 10.2. The molecule has 0 radical (unpaired) electrons. The second kappa shape index (κ2) is 7.51. The summed E-state index contributed by atoms with van der Waals surface area (Å²) in [6.45, 7) is 6.72. The van der Waals surface area contributed by atoms with Crippen molar-refractivity contribution in [3.8, 4) is 0 Å². The Balaban J connectivity index is 1.85. The molecule has 0 aliphatic heterocycles. The second-order valence-corrected chi connectivity index (χ2v) is 11.2. The van der Waals surface area contributed by atoms with Crippen molar-refractivity contribution >= 4 is 29.1 Å². The van der Waals surface area contributed by atoms with E-state index in [1.165, 1.54) is 6.08 Å². The van der Waals surface area contributed by atoms with Crippen LogP contribution in [0.2, 0.25) is 0 Å². The van der Waals surface area contributed by atoms with E-state index < -0.39 is 45.8 Å². The van der Waals surface area contributed by atoms with Gasteiger partial charge in [0.15, 0.2) is 11.4 Å². The molecule has 3 fully saturated rings. The zero-order valence-corrected chi connectivity index (χ0v) is 19.9. The van der Waals surface area contributed by atoms with Crippen LogP contribution in [0.4, 0.5) is 0 Å². The molecule has 6 nitrogen and oxygen atoms in total. The summed E-state index contributed by atoms with van der Waals surface area (Å²) >= 11 is 7.41. The van der Waals surface area contributed by atoms with Crippen LogP contribution in [0, 0.1) is 28.6 Å². The van der Waals surface area contributed by atoms with Crippen molar-refractivity contribution in [2.45, 2.75) is 76.4 Å². The van der Waals surface area contributed by atoms with Gasteiger partial charge in [-0.25, -0.2) is 0 Å². The van der Waals surface area contributed by atoms with E-state index in [1.807, 2.05) is 26.8 Å². The third-order valence-electron chi connectivity index (χ3n) is 9.30. The van der Waals surface area contributed by atoms with Crippen LogP contribution in [0.15, 0.2) is 23.8 Å². The maximum atomic E-state index is 13.2. The predicted molar refractivity (Wildman–Crippen MR) is 119 cm³/mol. The predicted octanol–water partition coefficient (Wildman–Crippen LogP) is 3.13. The summed E-state index contributed by atoms with van der Waals surface area (Å²) in [5.74, 6) is -1.66. The minimum absolute atomic E-state index is 0.0696. The number of ether oxygens (including phenoxy) is 1. The molecule has 0 unspecified atom stereocenters. The molecule has 3 saturated carbocycles. The minimum Gasteiger partial charge on any atom is -0.450 e. The van der Waals surface area contributed by atoms with Crippen LogP contribution in [0.3, 0.4) is 0 Å². The number of aliphatic hydroxyl groups is 2. The highest BCUT2D eigenvalue weighted by molar-refractivity contribution is 6.26. The Labute approximate surface area is 194 Å². The van der Waals surface area contributed by atoms with Crippen LogP contribution >= 0.6 is 11.6 Å². The third kappa shape index (κ3) is 2.69. The minimum atomic E-state index is -1.51. The lowest BCUT2D eigenvalue weighted by atomic mass is 9.45. The molecule has 4 rings (SSSR count). The maximum absolute atomic E-state index is 13.2. The largest absolute Gasteiger partial charge is 0.450 e. The molecule has 4 aliphatic carbocycles. The van der Waals surface area contributed by atoms with E-state index in [0.29, 0.717) is 19.3 Å². The fourth-order valence-electron chi connectivity index (χ4n) is 7.77. The van der Waals surface area contributed by atoms with Gasteiger partial charge in [0.2, 0.25) is 5.78 Å². The Hall–Kier alpha value is -1.50. The van der Waals surface area contributed by atoms with Gasteiger partial charge >= 0.3 is 5.97 Å². The summed E-state index contributed by atoms with van der Waals surface area (Å²) in [6, 6.07) is 0. The van der Waals surface area contributed by atoms with Gasteiger partial charge in [-0.05, 0) is 49.7 Å². The van der Waals surface area contributed by atoms with Crippen molar-refractivity contribution < 1.29 is 29.3 Å². The molecule has 0 aromatic heterocycles. The maximum Gasteiger partial charge on any atom is 0.306 e. The van der Waals surface area contributed by atoms with E-state index in [1.54, 1.807) is 13.0 Å². The van der Waals surface area contributed by atoms with Gasteiger partial charge in [-0.2, -0.15) is 0 Å². The molecule has 0 bridgehead atoms. The normalized spacial score (nSPS) is 47.2. The molecule has 2 N–H and O–H groups in total. The Morgan fingerprint density at radius 2 is 1.97 bits per heavy atom. The van der Waals surface area contributed by atoms with Crippen molar-refractivity contribution in [1.82, 2.24) is 0 Å². The summed E-state index contributed by atoms with van der Waals surface area (Å²) in [6.07, 6.45) is 6.21. The van der Waals surface area contributed by atoms with Gasteiger partial charge in [0.25, 0.3) is 0 Å². The number of carbonyl (C=O) groups is 3. The second-order valence-electron chi connectivity index (χ2n) is 10.5. The zero-order chi connectivity index (χ0) is 23.7. The van der Waals surface area contributed by atoms with Crippen LogP contribution in [0.1, 0.15) is 59.8 Å². The Morgan fingerprint density at radius 3 is 2.59 bits per heavy atom. The van der Waals surface area contributed by atoms with E-state index in [9.17, 15) is 24.6 Å². The highest BCUT2D eigenvalue weighted by Crippen LogP contribution is 2.72. The van der Waals surface area contributed by atoms with Gasteiger partial charge in [0.1, 0.15) is 6.61 Å². The standard InChI is InChI=1S/C25H33ClO6/c1-5-21(31)32-25(20(30)13-27)14(2)10-18-17-7-6-15-11-16(28)8-9-22(15,3)24(17,26)19(29)12-23(18,25)4/h8-9,11,14,17-19,27,29H,5-7,10,12-13H2,1-4H3/t14-,17+,18+,19+,22+,23+,24+,25-/m1/s1. The van der Waals surface area contributed by atoms with Crippen molar-refractivity contribution in [2.75, 3.05) is 6.61 Å². The molecule has 7 heteroatoms. The van der Waals surface area contributed by atoms with Crippen molar-refractivity contribution in [1.29, 1.82) is 0 Å². The first-order valence-electron chi connectivity index (χ1n) is 11.6. The van der Waals surface area contributed by atoms with Crippen LogP contribution in [-0.4, -0.2) is 50.9 Å². The average molecular weight is 465 g/mol. The summed E-state index contributed by atoms with van der Waals surface area (Å²) < 4.78 is 5.92. The molecule has 0 aromatic rings. The molecule has 0 aromatic carbocycles. The first-order chi connectivity index (χ1) is 14.9. The molecular formula is C25H33ClO6. The lowest BCUT2D eigenvalue weighted by Gasteiger charge is -2.64. The molecule has 0 amide bonds. The Bertz CT molecular complexity index is 925. The van der Waals surface area contributed by atoms with E-state index in [2.05, 4.69) is 0 Å². The number of hydrogen-bond acceptors (Lipinski definition) is 6. The highest BCUT2D eigenvalue weighted by atomic mass is 35.5. The average Bonchev–Trinajstić information content (AvgIpc) is 2.96. The van der Waals surface area contributed by atoms with Crippen molar-refractivity contribution in [3.63, 3.8) is 0 Å². The number of hydrogen-bond donors (Lipinski definition) is 2. The number of alkyl halides is 1. The van der Waals surface area contributed by atoms with Gasteiger partial charge < -0.3 is 14.9 Å². The summed E-state index contributed by atoms with van der Waals surface area (Å²) in [7, 11) is 0. The molecule has 0 heterocycles. The SMILES string of the molecule is CCC(=O)O[C@@]1(C(=O)CO)[C@H](C)C[C@H]2[C@@H]3CCC4=CC(=O)C=C[C@]4(C)[C@@]3(Cl)[C@@H](O)C[C@@]21C. The van der Waals surface area contributed by atoms with Crippen LogP contribution in [0.25, 0.3) is 0 Å². The molecule has 176 valence electrons. The lowest BCUT2D eigenvalue weighted by molar-refractivity contribution is -0.202. The van der Waals surface area contributed by atoms with Crippen LogP contribution in [0.5, 0.6) is 0 Å². The molecule has 8 atom stereocenters. The number of rotatable bonds is 4. The number of Topliss-reactive ketones (excluding diaryl/α,β-unsaturated/α-hetero) is 1. The monoisotopic (exact) mass is 464 g/mol. The number of esters is 1. The van der Waals surface area contributed by atoms with Gasteiger partial charge in [0, 0.05) is 23.2 Å². The Morgan fingerprint density at radius 1 is 1.28 bits per heavy atom. The van der Waals surface area contributed by atoms with Crippen molar-refractivity contribution in [2.24, 2.45) is 28.6 Å². The lowest BCUT2D eigenvalue weighted by Crippen LogP contribution is -2.69. The first-order valence-corrected chi connectivity index (χ1v) is 12.0. The molecule has 0 spiro atoms. The fourth-order valence-corrected chi connectivity index (χ4v) is 8.29. The van der Waals surface area contributed by atoms with E-state index in [0.717, 1.165) is 5.57 Å². The number of fused-ring (bicyclic) bond motifs is 5. The van der Waals surface area contributed by atoms with Crippen LogP contribution < -0.4 is 0 Å². The Kier molecular flexibility index (Phi) is 5.55. The molecule has 32 heavy (non-hydrogen) atoms. The number of ketones is 2. The van der Waals surface area contributed by atoms with E-state index in [-0.39, 0.29) is 36.4 Å². The first kappa shape index (κ1) is 23.7. The molecule has 0 saturated heterocycles. The smallest absolute Gasteiger partial charge is 0.306 e. The van der Waals surface area contributed by atoms with Crippen molar-refractivity contribution in [3.05, 3.63) is 23.8 Å². The number of allylic oxidation sites excluding steroid dienone is 4. The van der Waals surface area contributed by atoms with E-state index >= 15 is 0 Å². The number of halogens is 1. The number of aliphatic hydroxyl groups excluding tert-OH is 2. The topological polar surface area (TPSA) is 101 Å². The van der Waals surface area contributed by atoms with Crippen LogP contribution in [-0.2, 0) is 19.1 Å². The summed E-state index contributed by atoms with van der Waals surface area (Å²) in [4.78, 5) is 36.7. The van der Waals surface area contributed by atoms with Gasteiger partial charge in [-0.1, -0.05) is 39.3 Å². The quantitative estimate of drug-likeness (QED) is 0.489. The molecular weight excluding hydrogens is 432 g/mol. The zero-order valence-electron chi connectivity index (χ0n) is 19.2. The van der Waals surface area contributed by atoms with Gasteiger partial charge in [0.05, 0.1) is 11.0 Å². The fraction of sp³-hybridized carbons (Fsp3) is 0.720. The summed E-state index contributed by atoms with van der Waals surface area (Å²) in [5, 5.41) is 21.5. The highest BCUT2D eigenvalue weighted by Gasteiger charge is 2.76. The number of carbonyl (C=O) groups excluding carboxylic acids is 3. The van der Waals surface area contributed by atoms with Gasteiger partial charge in [-0.15, -0.1) is 11.6 Å². The van der Waals surface area contributed by atoms with E-state index in [4.69, 9.17) is 16.3 Å². The van der Waals surface area contributed by atoms with Gasteiger partial charge in [-0.3, -0.25) is 14.4 Å². The molecule has 4 aliphatic rings. The summed E-state index contributed by atoms with van der Waals surface area (Å²) in [5.41, 5.74) is -2.14.